The molecule has 1 aromatic carbocycles. The van der Waals surface area contributed by atoms with Crippen LogP contribution in [0.4, 0.5) is 17.7 Å². The number of hydrogen-bond acceptors (Lipinski definition) is 9. The molecule has 170 valence electrons. The normalized spacial score (nSPS) is 13.9. The van der Waals surface area contributed by atoms with Crippen LogP contribution in [-0.2, 0) is 18.2 Å². The number of nitrogens with zero attached hydrogens (tertiary/aromatic N) is 8. The highest BCUT2D eigenvalue weighted by Gasteiger charge is 2.19. The lowest BCUT2D eigenvalue weighted by atomic mass is 10.2. The minimum absolute atomic E-state index is 0.477. The maximum atomic E-state index is 6.03. The van der Waals surface area contributed by atoms with E-state index < -0.39 is 0 Å². The molecule has 1 aliphatic rings. The number of fused-ring (bicyclic) bond motifs is 1. The molecule has 1 saturated heterocycles. The van der Waals surface area contributed by atoms with Crippen molar-refractivity contribution >= 4 is 28.6 Å². The average Bonchev–Trinajstić information content (AvgIpc) is 3.28. The fourth-order valence-corrected chi connectivity index (χ4v) is 3.67. The van der Waals surface area contributed by atoms with E-state index in [1.54, 1.807) is 9.58 Å². The molecule has 0 saturated carbocycles. The molecule has 4 aromatic rings. The summed E-state index contributed by atoms with van der Waals surface area (Å²) in [6, 6.07) is 9.77. The lowest BCUT2D eigenvalue weighted by Crippen LogP contribution is -2.37. The van der Waals surface area contributed by atoms with E-state index in [-0.39, 0.29) is 0 Å². The van der Waals surface area contributed by atoms with Crippen molar-refractivity contribution in [3.05, 3.63) is 54.5 Å². The van der Waals surface area contributed by atoms with Gasteiger partial charge in [-0.2, -0.15) is 15.1 Å². The summed E-state index contributed by atoms with van der Waals surface area (Å²) in [5.41, 5.74) is 1.98. The Hall–Kier alpha value is -3.79. The van der Waals surface area contributed by atoms with Crippen LogP contribution in [0.15, 0.2) is 48.9 Å². The molecular formula is C23H26N8O2. The standard InChI is InChI=1S/C23H26N8O2/c1-29-16-17(14-25-29)7-10-33-21-13-20(31-8-11-32-12-9-31)27-23(28-21)30(2)22-24-15-18-5-3-4-6-19(18)26-22/h3-6,13-16H,7-12H2,1-2H3. The van der Waals surface area contributed by atoms with Gasteiger partial charge in [0.05, 0.1) is 31.5 Å². The molecule has 0 N–H and O–H groups in total. The van der Waals surface area contributed by atoms with Gasteiger partial charge in [-0.15, -0.1) is 0 Å². The number of aryl methyl sites for hydroxylation is 1. The van der Waals surface area contributed by atoms with Gasteiger partial charge in [-0.05, 0) is 11.6 Å². The van der Waals surface area contributed by atoms with Gasteiger partial charge in [0, 0.05) is 57.5 Å². The molecule has 3 aromatic heterocycles. The van der Waals surface area contributed by atoms with E-state index in [1.165, 1.54) is 0 Å². The van der Waals surface area contributed by atoms with Crippen LogP contribution in [-0.4, -0.2) is 69.7 Å². The highest BCUT2D eigenvalue weighted by atomic mass is 16.5. The van der Waals surface area contributed by atoms with E-state index in [1.807, 2.05) is 63.0 Å². The maximum absolute atomic E-state index is 6.03. The van der Waals surface area contributed by atoms with Crippen molar-refractivity contribution in [2.45, 2.75) is 6.42 Å². The first-order valence-electron chi connectivity index (χ1n) is 10.9. The van der Waals surface area contributed by atoms with Crippen molar-refractivity contribution in [2.75, 3.05) is 49.8 Å². The Morgan fingerprint density at radius 1 is 1.06 bits per heavy atom. The molecule has 10 heteroatoms. The number of hydrogen-bond donors (Lipinski definition) is 0. The van der Waals surface area contributed by atoms with Crippen molar-refractivity contribution in [2.24, 2.45) is 7.05 Å². The zero-order chi connectivity index (χ0) is 22.6. The van der Waals surface area contributed by atoms with Gasteiger partial charge < -0.3 is 14.4 Å². The van der Waals surface area contributed by atoms with Gasteiger partial charge in [-0.1, -0.05) is 18.2 Å². The third kappa shape index (κ3) is 4.85. The van der Waals surface area contributed by atoms with Gasteiger partial charge in [0.25, 0.3) is 0 Å². The lowest BCUT2D eigenvalue weighted by Gasteiger charge is -2.28. The minimum atomic E-state index is 0.477. The second-order valence-corrected chi connectivity index (χ2v) is 7.87. The molecule has 0 unspecified atom stereocenters. The molecule has 1 aliphatic heterocycles. The van der Waals surface area contributed by atoms with E-state index in [9.17, 15) is 0 Å². The predicted octanol–water partition coefficient (Wildman–Crippen LogP) is 2.38. The molecule has 33 heavy (non-hydrogen) atoms. The zero-order valence-corrected chi connectivity index (χ0v) is 18.8. The summed E-state index contributed by atoms with van der Waals surface area (Å²) in [4.78, 5) is 22.6. The van der Waals surface area contributed by atoms with Gasteiger partial charge in [0.15, 0.2) is 0 Å². The number of anilines is 3. The van der Waals surface area contributed by atoms with Crippen LogP contribution in [0, 0.1) is 0 Å². The predicted molar refractivity (Wildman–Crippen MR) is 125 cm³/mol. The summed E-state index contributed by atoms with van der Waals surface area (Å²) in [6.07, 6.45) is 6.38. The van der Waals surface area contributed by atoms with Crippen molar-refractivity contribution in [3.63, 3.8) is 0 Å². The van der Waals surface area contributed by atoms with Crippen LogP contribution in [0.25, 0.3) is 10.9 Å². The third-order valence-corrected chi connectivity index (χ3v) is 5.49. The van der Waals surface area contributed by atoms with Crippen LogP contribution in [0.1, 0.15) is 5.56 Å². The number of aromatic nitrogens is 6. The van der Waals surface area contributed by atoms with Gasteiger partial charge in [-0.3, -0.25) is 9.58 Å². The number of ether oxygens (including phenoxy) is 2. The van der Waals surface area contributed by atoms with Crippen molar-refractivity contribution in [3.8, 4) is 5.88 Å². The van der Waals surface area contributed by atoms with E-state index >= 15 is 0 Å². The molecule has 10 nitrogen and oxygen atoms in total. The lowest BCUT2D eigenvalue weighted by molar-refractivity contribution is 0.122. The number of rotatable bonds is 7. The van der Waals surface area contributed by atoms with E-state index in [0.29, 0.717) is 37.6 Å². The number of benzene rings is 1. The molecule has 0 spiro atoms. The molecule has 4 heterocycles. The summed E-state index contributed by atoms with van der Waals surface area (Å²) >= 11 is 0. The Kier molecular flexibility index (Phi) is 5.99. The molecule has 0 amide bonds. The molecule has 0 bridgehead atoms. The second kappa shape index (κ2) is 9.37. The SMILES string of the molecule is CN(c1nc(OCCc2cnn(C)c2)cc(N2CCOCC2)n1)c1ncc2ccccc2n1. The van der Waals surface area contributed by atoms with Crippen LogP contribution >= 0.6 is 0 Å². The van der Waals surface area contributed by atoms with Crippen molar-refractivity contribution < 1.29 is 9.47 Å². The Morgan fingerprint density at radius 3 is 2.73 bits per heavy atom. The molecule has 5 rings (SSSR count). The summed E-state index contributed by atoms with van der Waals surface area (Å²) in [5.74, 6) is 2.31. The highest BCUT2D eigenvalue weighted by Crippen LogP contribution is 2.26. The van der Waals surface area contributed by atoms with Gasteiger partial charge in [-0.25, -0.2) is 9.97 Å². The third-order valence-electron chi connectivity index (χ3n) is 5.49. The molecule has 0 radical (unpaired) electrons. The molecule has 0 atom stereocenters. The van der Waals surface area contributed by atoms with Gasteiger partial charge in [0.1, 0.15) is 5.82 Å². The fraction of sp³-hybridized carbons (Fsp3) is 0.348. The van der Waals surface area contributed by atoms with Crippen LogP contribution in [0.3, 0.4) is 0 Å². The Balaban J connectivity index is 1.41. The van der Waals surface area contributed by atoms with Gasteiger partial charge in [0.2, 0.25) is 17.8 Å². The monoisotopic (exact) mass is 446 g/mol. The Bertz CT molecular complexity index is 1240. The number of morpholine rings is 1. The quantitative estimate of drug-likeness (QED) is 0.424. The Morgan fingerprint density at radius 2 is 1.91 bits per heavy atom. The first-order chi connectivity index (χ1) is 16.2. The number of para-hydroxylation sites is 1. The summed E-state index contributed by atoms with van der Waals surface area (Å²) < 4.78 is 13.3. The Labute approximate surface area is 191 Å². The fourth-order valence-electron chi connectivity index (χ4n) is 3.67. The van der Waals surface area contributed by atoms with Crippen LogP contribution in [0.2, 0.25) is 0 Å². The summed E-state index contributed by atoms with van der Waals surface area (Å²) in [5, 5.41) is 5.19. The highest BCUT2D eigenvalue weighted by molar-refractivity contribution is 5.78. The first-order valence-corrected chi connectivity index (χ1v) is 10.9. The second-order valence-electron chi connectivity index (χ2n) is 7.87. The summed E-state index contributed by atoms with van der Waals surface area (Å²) in [7, 11) is 3.77. The van der Waals surface area contributed by atoms with E-state index in [2.05, 4.69) is 25.0 Å². The first kappa shape index (κ1) is 21.1. The smallest absolute Gasteiger partial charge is 0.237 e. The topological polar surface area (TPSA) is 94.3 Å². The molecule has 0 aliphatic carbocycles. The molecule has 1 fully saturated rings. The van der Waals surface area contributed by atoms with Crippen LogP contribution in [0.5, 0.6) is 5.88 Å². The van der Waals surface area contributed by atoms with Crippen molar-refractivity contribution in [1.29, 1.82) is 0 Å². The minimum Gasteiger partial charge on any atom is -0.477 e. The molecular weight excluding hydrogens is 420 g/mol. The van der Waals surface area contributed by atoms with E-state index in [4.69, 9.17) is 14.5 Å². The maximum Gasteiger partial charge on any atom is 0.237 e. The van der Waals surface area contributed by atoms with Gasteiger partial charge >= 0.3 is 0 Å². The average molecular weight is 447 g/mol. The largest absolute Gasteiger partial charge is 0.477 e. The van der Waals surface area contributed by atoms with Crippen LogP contribution < -0.4 is 14.5 Å². The zero-order valence-electron chi connectivity index (χ0n) is 18.8. The summed E-state index contributed by atoms with van der Waals surface area (Å²) in [6.45, 7) is 3.35. The van der Waals surface area contributed by atoms with E-state index in [0.717, 1.165) is 41.8 Å². The van der Waals surface area contributed by atoms with Crippen molar-refractivity contribution in [1.82, 2.24) is 29.7 Å².